The lowest BCUT2D eigenvalue weighted by atomic mass is 9.92. The smallest absolute Gasteiger partial charge is 0.262 e. The Morgan fingerprint density at radius 3 is 2.09 bits per heavy atom. The maximum atomic E-state index is 13.7. The molecule has 1 saturated carbocycles. The first-order valence-corrected chi connectivity index (χ1v) is 19.6. The van der Waals surface area contributed by atoms with Crippen LogP contribution in [0.4, 0.5) is 0 Å². The van der Waals surface area contributed by atoms with E-state index in [1.165, 1.54) is 0 Å². The maximum Gasteiger partial charge on any atom is 0.262 e. The molecule has 3 fully saturated rings. The van der Waals surface area contributed by atoms with Gasteiger partial charge in [0.25, 0.3) is 23.6 Å². The van der Waals surface area contributed by atoms with Crippen LogP contribution in [-0.4, -0.2) is 92.4 Å². The molecule has 13 nitrogen and oxygen atoms in total. The average molecular weight is 775 g/mol. The summed E-state index contributed by atoms with van der Waals surface area (Å²) < 4.78 is 6.15. The maximum absolute atomic E-state index is 13.7. The molecule has 5 aliphatic heterocycles. The third-order valence-electron chi connectivity index (χ3n) is 12.4. The van der Waals surface area contributed by atoms with Crippen molar-refractivity contribution in [3.05, 3.63) is 98.1 Å². The van der Waals surface area contributed by atoms with Crippen LogP contribution in [0.15, 0.2) is 48.5 Å². The van der Waals surface area contributed by atoms with E-state index in [-0.39, 0.29) is 42.8 Å². The van der Waals surface area contributed by atoms with Crippen molar-refractivity contribution in [1.29, 1.82) is 5.26 Å². The van der Waals surface area contributed by atoms with Gasteiger partial charge < -0.3 is 14.5 Å². The third-order valence-corrected chi connectivity index (χ3v) is 12.7. The topological polar surface area (TPSA) is 160 Å². The number of nitriles is 1. The molecular weight excluding hydrogens is 736 g/mol. The number of piperidine rings is 2. The summed E-state index contributed by atoms with van der Waals surface area (Å²) in [6.45, 7) is 2.90. The molecule has 6 aliphatic rings. The van der Waals surface area contributed by atoms with E-state index in [0.717, 1.165) is 60.1 Å². The zero-order valence-corrected chi connectivity index (χ0v) is 31.3. The van der Waals surface area contributed by atoms with E-state index in [9.17, 15) is 28.8 Å². The van der Waals surface area contributed by atoms with Gasteiger partial charge in [-0.2, -0.15) is 5.26 Å². The number of likely N-dealkylation sites (tertiary alicyclic amines) is 1. The Morgan fingerprint density at radius 2 is 1.45 bits per heavy atom. The number of carbonyl (C=O) groups is 6. The number of imide groups is 2. The Balaban J connectivity index is 0.777. The van der Waals surface area contributed by atoms with Crippen LogP contribution in [0, 0.1) is 11.3 Å². The normalized spacial score (nSPS) is 23.9. The number of hydrogen-bond donors (Lipinski definition) is 1. The fourth-order valence-electron chi connectivity index (χ4n) is 9.37. The second-order valence-electron chi connectivity index (χ2n) is 15.6. The summed E-state index contributed by atoms with van der Waals surface area (Å²) in [6.07, 6.45) is 4.95. The van der Waals surface area contributed by atoms with E-state index in [4.69, 9.17) is 21.6 Å². The van der Waals surface area contributed by atoms with Gasteiger partial charge in [-0.1, -0.05) is 11.6 Å². The first kappa shape index (κ1) is 36.1. The van der Waals surface area contributed by atoms with Crippen molar-refractivity contribution in [2.75, 3.05) is 13.1 Å². The fourth-order valence-corrected chi connectivity index (χ4v) is 9.58. The summed E-state index contributed by atoms with van der Waals surface area (Å²) in [7, 11) is 0. The van der Waals surface area contributed by atoms with Crippen LogP contribution in [0.5, 0.6) is 5.75 Å². The van der Waals surface area contributed by atoms with Gasteiger partial charge in [0.15, 0.2) is 0 Å². The highest BCUT2D eigenvalue weighted by Crippen LogP contribution is 2.37. The largest absolute Gasteiger partial charge is 0.490 e. The van der Waals surface area contributed by atoms with Crippen LogP contribution in [0.2, 0.25) is 5.02 Å². The molecule has 0 spiro atoms. The molecule has 286 valence electrons. The first-order valence-electron chi connectivity index (χ1n) is 19.3. The number of nitrogens with one attached hydrogen (secondary N) is 1. The molecule has 9 rings (SSSR count). The van der Waals surface area contributed by atoms with Gasteiger partial charge in [-0.25, -0.2) is 0 Å². The first-order chi connectivity index (χ1) is 27.1. The minimum atomic E-state index is -0.992. The Hall–Kier alpha value is -5.58. The molecule has 1 N–H and O–H groups in total. The van der Waals surface area contributed by atoms with Gasteiger partial charge >= 0.3 is 0 Å². The molecule has 0 radical (unpaired) electrons. The molecule has 3 aromatic rings. The van der Waals surface area contributed by atoms with Crippen LogP contribution >= 0.6 is 11.6 Å². The van der Waals surface area contributed by atoms with Crippen LogP contribution < -0.4 is 10.1 Å². The highest BCUT2D eigenvalue weighted by atomic mass is 35.5. The number of benzene rings is 3. The molecule has 56 heavy (non-hydrogen) atoms. The molecule has 14 heteroatoms. The molecule has 0 bridgehead atoms. The van der Waals surface area contributed by atoms with E-state index in [2.05, 4.69) is 16.3 Å². The van der Waals surface area contributed by atoms with E-state index in [1.807, 2.05) is 15.9 Å². The summed E-state index contributed by atoms with van der Waals surface area (Å²) in [5, 5.41) is 11.7. The molecule has 3 aromatic carbocycles. The Labute approximate surface area is 328 Å². The molecule has 1 aliphatic carbocycles. The Morgan fingerprint density at radius 1 is 0.750 bits per heavy atom. The summed E-state index contributed by atoms with van der Waals surface area (Å²) in [6, 6.07) is 15.5. The zero-order chi connectivity index (χ0) is 38.8. The molecule has 1 unspecified atom stereocenters. The van der Waals surface area contributed by atoms with Gasteiger partial charge in [-0.3, -0.25) is 43.9 Å². The SMILES string of the molecule is N#Cc1ccc(O[C@H]2CC[C@H](N3Cc4cc(C(=O)N5CCC(N6Cc7cc8c(cc7C6)C(=O)N(C6CCC(=O)NC6=O)C8=O)CC5)ccc4C3=O)CC2)cc1Cl. The number of ether oxygens (including phenoxy) is 1. The number of carbonyl (C=O) groups excluding carboxylic acids is 6. The van der Waals surface area contributed by atoms with Crippen molar-refractivity contribution >= 4 is 47.0 Å². The van der Waals surface area contributed by atoms with Crippen LogP contribution in [0.25, 0.3) is 0 Å². The standard InChI is InChI=1S/C42H39ClN6O7/c43-35-18-31(5-1-24(35)19-44)56-30-6-3-29(4-7-30)48-22-27-15-23(2-8-32(27)40(48)53)39(52)46-13-11-28(12-14-46)47-20-25-16-33-34(17-26(25)21-47)42(55)49(41(33)54)36-9-10-37(50)45-38(36)51/h1-2,5,8,15-18,28-30,36H,3-4,6-7,9-14,20-22H2,(H,45,50,51)/t29-,30-,36?. The van der Waals surface area contributed by atoms with E-state index < -0.39 is 29.7 Å². The molecular formula is C42H39ClN6O7. The lowest BCUT2D eigenvalue weighted by molar-refractivity contribution is -0.136. The van der Waals surface area contributed by atoms with Crippen molar-refractivity contribution in [2.45, 2.75) is 95.2 Å². The number of amides is 6. The van der Waals surface area contributed by atoms with Crippen molar-refractivity contribution in [3.8, 4) is 11.8 Å². The molecule has 6 amide bonds. The van der Waals surface area contributed by atoms with Crippen LogP contribution in [0.3, 0.4) is 0 Å². The zero-order valence-electron chi connectivity index (χ0n) is 30.6. The predicted molar refractivity (Wildman–Crippen MR) is 200 cm³/mol. The number of nitrogens with zero attached hydrogens (tertiary/aromatic N) is 5. The van der Waals surface area contributed by atoms with E-state index >= 15 is 0 Å². The third kappa shape index (κ3) is 6.30. The van der Waals surface area contributed by atoms with E-state index in [1.54, 1.807) is 42.5 Å². The van der Waals surface area contributed by atoms with Crippen LogP contribution in [0.1, 0.15) is 115 Å². The summed E-state index contributed by atoms with van der Waals surface area (Å²) >= 11 is 6.18. The number of fused-ring (bicyclic) bond motifs is 3. The predicted octanol–water partition coefficient (Wildman–Crippen LogP) is 4.58. The molecule has 1 atom stereocenters. The molecule has 5 heterocycles. The van der Waals surface area contributed by atoms with Crippen molar-refractivity contribution in [1.82, 2.24) is 24.9 Å². The molecule has 2 saturated heterocycles. The fraction of sp³-hybridized carbons (Fsp3) is 0.405. The average Bonchev–Trinajstić information content (AvgIpc) is 3.85. The minimum absolute atomic E-state index is 0.000247. The van der Waals surface area contributed by atoms with Crippen molar-refractivity contribution in [2.24, 2.45) is 0 Å². The summed E-state index contributed by atoms with van der Waals surface area (Å²) in [5.74, 6) is -1.45. The lowest BCUT2D eigenvalue weighted by Crippen LogP contribution is -2.54. The van der Waals surface area contributed by atoms with Gasteiger partial charge in [-0.05, 0) is 104 Å². The van der Waals surface area contributed by atoms with Gasteiger partial charge in [0, 0.05) is 68.4 Å². The van der Waals surface area contributed by atoms with Crippen LogP contribution in [-0.2, 0) is 29.2 Å². The molecule has 0 aromatic heterocycles. The summed E-state index contributed by atoms with van der Waals surface area (Å²) in [4.78, 5) is 85.1. The Kier molecular flexibility index (Phi) is 9.13. The van der Waals surface area contributed by atoms with E-state index in [0.29, 0.717) is 71.3 Å². The quantitative estimate of drug-likeness (QED) is 0.354. The minimum Gasteiger partial charge on any atom is -0.490 e. The number of halogens is 1. The second kappa shape index (κ2) is 14.2. The second-order valence-corrected chi connectivity index (χ2v) is 16.1. The number of hydrogen-bond acceptors (Lipinski definition) is 9. The van der Waals surface area contributed by atoms with Gasteiger partial charge in [0.05, 0.1) is 27.8 Å². The van der Waals surface area contributed by atoms with Crippen molar-refractivity contribution in [3.63, 3.8) is 0 Å². The van der Waals surface area contributed by atoms with Crippen molar-refractivity contribution < 1.29 is 33.5 Å². The Bertz CT molecular complexity index is 2230. The summed E-state index contributed by atoms with van der Waals surface area (Å²) in [5.41, 5.74) is 5.06. The lowest BCUT2D eigenvalue weighted by Gasteiger charge is -2.36. The highest BCUT2D eigenvalue weighted by molar-refractivity contribution is 6.31. The van der Waals surface area contributed by atoms with Gasteiger partial charge in [0.2, 0.25) is 11.8 Å². The monoisotopic (exact) mass is 774 g/mol. The van der Waals surface area contributed by atoms with Gasteiger partial charge in [0.1, 0.15) is 17.9 Å². The van der Waals surface area contributed by atoms with Gasteiger partial charge in [-0.15, -0.1) is 0 Å². The highest BCUT2D eigenvalue weighted by Gasteiger charge is 2.46. The number of rotatable bonds is 6.